The average molecular weight is 256 g/mol. The van der Waals surface area contributed by atoms with Gasteiger partial charge in [-0.1, -0.05) is 27.7 Å². The van der Waals surface area contributed by atoms with Gasteiger partial charge in [0.25, 0.3) is 0 Å². The molecule has 0 amide bonds. The normalized spacial score (nSPS) is 27.0. The van der Waals surface area contributed by atoms with Gasteiger partial charge in [-0.2, -0.15) is 0 Å². The zero-order valence-electron chi connectivity index (χ0n) is 13.0. The predicted octanol–water partition coefficient (Wildman–Crippen LogP) is 2.51. The van der Waals surface area contributed by atoms with Crippen LogP contribution in [0.4, 0.5) is 0 Å². The maximum absolute atomic E-state index is 5.24. The van der Waals surface area contributed by atoms with E-state index in [4.69, 9.17) is 4.74 Å². The van der Waals surface area contributed by atoms with Crippen LogP contribution in [0.25, 0.3) is 0 Å². The summed E-state index contributed by atoms with van der Waals surface area (Å²) in [6.45, 7) is 13.5. The van der Waals surface area contributed by atoms with Crippen molar-refractivity contribution >= 4 is 0 Å². The summed E-state index contributed by atoms with van der Waals surface area (Å²) in [6.07, 6.45) is 3.85. The van der Waals surface area contributed by atoms with Gasteiger partial charge < -0.3 is 10.1 Å². The lowest BCUT2D eigenvalue weighted by molar-refractivity contribution is 0.103. The van der Waals surface area contributed by atoms with Crippen LogP contribution in [0, 0.1) is 5.41 Å². The minimum atomic E-state index is 0.417. The summed E-state index contributed by atoms with van der Waals surface area (Å²) in [5.41, 5.74) is 0.417. The molecule has 0 aromatic heterocycles. The Morgan fingerprint density at radius 3 is 2.61 bits per heavy atom. The SMILES string of the molecule is CCCNC1C(N(CC)CCOC)CCC1(C)C. The number of hydrogen-bond acceptors (Lipinski definition) is 3. The zero-order valence-corrected chi connectivity index (χ0v) is 13.0. The minimum Gasteiger partial charge on any atom is -0.383 e. The summed E-state index contributed by atoms with van der Waals surface area (Å²) in [5.74, 6) is 0. The van der Waals surface area contributed by atoms with Crippen LogP contribution < -0.4 is 5.32 Å². The van der Waals surface area contributed by atoms with Crippen LogP contribution in [0.3, 0.4) is 0 Å². The summed E-state index contributed by atoms with van der Waals surface area (Å²) in [7, 11) is 1.79. The topological polar surface area (TPSA) is 24.5 Å². The number of methoxy groups -OCH3 is 1. The summed E-state index contributed by atoms with van der Waals surface area (Å²) >= 11 is 0. The highest BCUT2D eigenvalue weighted by atomic mass is 16.5. The molecule has 3 nitrogen and oxygen atoms in total. The van der Waals surface area contributed by atoms with Gasteiger partial charge in [0.05, 0.1) is 6.61 Å². The van der Waals surface area contributed by atoms with Crippen molar-refractivity contribution in [3.63, 3.8) is 0 Å². The molecule has 1 aliphatic rings. The van der Waals surface area contributed by atoms with Gasteiger partial charge in [-0.15, -0.1) is 0 Å². The molecule has 2 unspecified atom stereocenters. The Labute approximate surface area is 113 Å². The van der Waals surface area contributed by atoms with Gasteiger partial charge in [0.1, 0.15) is 0 Å². The summed E-state index contributed by atoms with van der Waals surface area (Å²) in [4.78, 5) is 2.59. The van der Waals surface area contributed by atoms with Crippen molar-refractivity contribution in [3.05, 3.63) is 0 Å². The van der Waals surface area contributed by atoms with Crippen molar-refractivity contribution in [2.45, 2.75) is 59.0 Å². The number of hydrogen-bond donors (Lipinski definition) is 1. The first-order chi connectivity index (χ1) is 8.56. The quantitative estimate of drug-likeness (QED) is 0.722. The molecule has 0 radical (unpaired) electrons. The highest BCUT2D eigenvalue weighted by Crippen LogP contribution is 2.39. The van der Waals surface area contributed by atoms with Crippen molar-refractivity contribution in [2.75, 3.05) is 33.4 Å². The number of likely N-dealkylation sites (N-methyl/N-ethyl adjacent to an activating group) is 1. The molecule has 108 valence electrons. The second-order valence-electron chi connectivity index (χ2n) is 6.15. The summed E-state index contributed by atoms with van der Waals surface area (Å²) < 4.78 is 5.24. The number of nitrogens with zero attached hydrogens (tertiary/aromatic N) is 1. The van der Waals surface area contributed by atoms with E-state index in [1.54, 1.807) is 7.11 Å². The van der Waals surface area contributed by atoms with Crippen LogP contribution in [0.5, 0.6) is 0 Å². The van der Waals surface area contributed by atoms with E-state index >= 15 is 0 Å². The fraction of sp³-hybridized carbons (Fsp3) is 1.00. The molecule has 1 aliphatic carbocycles. The van der Waals surface area contributed by atoms with Crippen LogP contribution in [0.1, 0.15) is 47.0 Å². The van der Waals surface area contributed by atoms with Crippen LogP contribution in [-0.2, 0) is 4.74 Å². The fourth-order valence-corrected chi connectivity index (χ4v) is 3.24. The average Bonchev–Trinajstić information content (AvgIpc) is 2.64. The monoisotopic (exact) mass is 256 g/mol. The van der Waals surface area contributed by atoms with Crippen molar-refractivity contribution in [2.24, 2.45) is 5.41 Å². The molecular weight excluding hydrogens is 224 g/mol. The van der Waals surface area contributed by atoms with Crippen molar-refractivity contribution < 1.29 is 4.74 Å². The van der Waals surface area contributed by atoms with Crippen molar-refractivity contribution in [1.29, 1.82) is 0 Å². The van der Waals surface area contributed by atoms with Gasteiger partial charge in [-0.3, -0.25) is 4.90 Å². The number of nitrogens with one attached hydrogen (secondary N) is 1. The molecule has 0 aromatic carbocycles. The Morgan fingerprint density at radius 2 is 2.06 bits per heavy atom. The van der Waals surface area contributed by atoms with E-state index in [0.29, 0.717) is 17.5 Å². The largest absolute Gasteiger partial charge is 0.383 e. The summed E-state index contributed by atoms with van der Waals surface area (Å²) in [6, 6.07) is 1.29. The summed E-state index contributed by atoms with van der Waals surface area (Å²) in [5, 5.41) is 3.78. The molecule has 0 bridgehead atoms. The van der Waals surface area contributed by atoms with Gasteiger partial charge in [0.2, 0.25) is 0 Å². The lowest BCUT2D eigenvalue weighted by Crippen LogP contribution is -2.52. The smallest absolute Gasteiger partial charge is 0.0589 e. The lowest BCUT2D eigenvalue weighted by Gasteiger charge is -2.37. The van der Waals surface area contributed by atoms with E-state index in [1.165, 1.54) is 19.3 Å². The molecule has 1 rings (SSSR count). The first-order valence-electron chi connectivity index (χ1n) is 7.53. The van der Waals surface area contributed by atoms with E-state index in [-0.39, 0.29) is 0 Å². The van der Waals surface area contributed by atoms with E-state index in [0.717, 1.165) is 26.2 Å². The molecule has 1 N–H and O–H groups in total. The molecule has 0 heterocycles. The number of rotatable bonds is 8. The third kappa shape index (κ3) is 3.94. The highest BCUT2D eigenvalue weighted by Gasteiger charge is 2.43. The van der Waals surface area contributed by atoms with Crippen molar-refractivity contribution in [3.8, 4) is 0 Å². The van der Waals surface area contributed by atoms with E-state index < -0.39 is 0 Å². The standard InChI is InChI=1S/C15H32N2O/c1-6-10-16-14-13(8-9-15(14,3)4)17(7-2)11-12-18-5/h13-14,16H,6-12H2,1-5H3. The minimum absolute atomic E-state index is 0.417. The van der Waals surface area contributed by atoms with Gasteiger partial charge in [-0.05, 0) is 37.8 Å². The lowest BCUT2D eigenvalue weighted by atomic mass is 9.86. The van der Waals surface area contributed by atoms with Crippen LogP contribution in [-0.4, -0.2) is 50.3 Å². The highest BCUT2D eigenvalue weighted by molar-refractivity contribution is 5.00. The molecule has 0 aliphatic heterocycles. The molecule has 0 saturated heterocycles. The van der Waals surface area contributed by atoms with Crippen LogP contribution in [0.15, 0.2) is 0 Å². The Balaban J connectivity index is 2.65. The molecule has 1 fully saturated rings. The molecule has 18 heavy (non-hydrogen) atoms. The van der Waals surface area contributed by atoms with Gasteiger partial charge in [-0.25, -0.2) is 0 Å². The van der Waals surface area contributed by atoms with Gasteiger partial charge in [0.15, 0.2) is 0 Å². The Hall–Kier alpha value is -0.120. The molecule has 0 spiro atoms. The van der Waals surface area contributed by atoms with Crippen LogP contribution >= 0.6 is 0 Å². The van der Waals surface area contributed by atoms with Gasteiger partial charge >= 0.3 is 0 Å². The maximum atomic E-state index is 5.24. The van der Waals surface area contributed by atoms with E-state index in [2.05, 4.69) is 37.9 Å². The molecule has 2 atom stereocenters. The fourth-order valence-electron chi connectivity index (χ4n) is 3.24. The van der Waals surface area contributed by atoms with E-state index in [1.807, 2.05) is 0 Å². The Kier molecular flexibility index (Phi) is 6.61. The third-order valence-electron chi connectivity index (χ3n) is 4.38. The second-order valence-corrected chi connectivity index (χ2v) is 6.15. The van der Waals surface area contributed by atoms with Crippen LogP contribution in [0.2, 0.25) is 0 Å². The predicted molar refractivity (Wildman–Crippen MR) is 78.0 cm³/mol. The van der Waals surface area contributed by atoms with E-state index in [9.17, 15) is 0 Å². The zero-order chi connectivity index (χ0) is 13.6. The molecule has 3 heteroatoms. The second kappa shape index (κ2) is 7.46. The molecule has 1 saturated carbocycles. The molecule has 0 aromatic rings. The first-order valence-corrected chi connectivity index (χ1v) is 7.53. The van der Waals surface area contributed by atoms with Gasteiger partial charge in [0, 0.05) is 25.7 Å². The Morgan fingerprint density at radius 1 is 1.33 bits per heavy atom. The third-order valence-corrected chi connectivity index (χ3v) is 4.38. The first kappa shape index (κ1) is 15.9. The molecular formula is C15H32N2O. The maximum Gasteiger partial charge on any atom is 0.0589 e. The number of ether oxygens (including phenoxy) is 1. The Bertz CT molecular complexity index is 231. The van der Waals surface area contributed by atoms with Crippen molar-refractivity contribution in [1.82, 2.24) is 10.2 Å².